The summed E-state index contributed by atoms with van der Waals surface area (Å²) in [7, 11) is 0. The first-order valence-electron chi connectivity index (χ1n) is 6.84. The van der Waals surface area contributed by atoms with Gasteiger partial charge in [0.25, 0.3) is 0 Å². The Morgan fingerprint density at radius 2 is 2.22 bits per heavy atom. The Morgan fingerprint density at radius 1 is 1.39 bits per heavy atom. The molecule has 2 heterocycles. The van der Waals surface area contributed by atoms with Crippen molar-refractivity contribution in [3.63, 3.8) is 0 Å². The van der Waals surface area contributed by atoms with Crippen molar-refractivity contribution in [3.8, 4) is 0 Å². The number of halogens is 1. The zero-order chi connectivity index (χ0) is 12.5. The van der Waals surface area contributed by atoms with Gasteiger partial charge in [-0.05, 0) is 38.3 Å². The van der Waals surface area contributed by atoms with Crippen LogP contribution in [-0.2, 0) is 0 Å². The molecule has 2 unspecified atom stereocenters. The molecule has 1 saturated heterocycles. The highest BCUT2D eigenvalue weighted by molar-refractivity contribution is 5.09. The molecule has 2 fully saturated rings. The van der Waals surface area contributed by atoms with Crippen molar-refractivity contribution in [3.05, 3.63) is 29.8 Å². The van der Waals surface area contributed by atoms with E-state index in [2.05, 4.69) is 22.1 Å². The van der Waals surface area contributed by atoms with Gasteiger partial charge in [0.05, 0.1) is 11.9 Å². The van der Waals surface area contributed by atoms with E-state index >= 15 is 0 Å². The lowest BCUT2D eigenvalue weighted by Gasteiger charge is -2.20. The van der Waals surface area contributed by atoms with Crippen molar-refractivity contribution >= 4 is 0 Å². The molecule has 1 N–H and O–H groups in total. The van der Waals surface area contributed by atoms with Crippen molar-refractivity contribution in [2.24, 2.45) is 0 Å². The van der Waals surface area contributed by atoms with Crippen molar-refractivity contribution in [1.29, 1.82) is 0 Å². The van der Waals surface area contributed by atoms with Gasteiger partial charge in [-0.3, -0.25) is 9.88 Å². The van der Waals surface area contributed by atoms with Gasteiger partial charge in [-0.2, -0.15) is 0 Å². The Kier molecular flexibility index (Phi) is 3.31. The smallest absolute Gasteiger partial charge is 0.141 e. The van der Waals surface area contributed by atoms with E-state index in [0.717, 1.165) is 18.3 Å². The second-order valence-electron chi connectivity index (χ2n) is 5.50. The Morgan fingerprint density at radius 3 is 2.89 bits per heavy atom. The first kappa shape index (κ1) is 12.1. The number of nitrogens with one attached hydrogen (secondary N) is 1. The molecule has 0 amide bonds. The van der Waals surface area contributed by atoms with Gasteiger partial charge < -0.3 is 5.32 Å². The van der Waals surface area contributed by atoms with Crippen molar-refractivity contribution in [2.75, 3.05) is 13.1 Å². The summed E-state index contributed by atoms with van der Waals surface area (Å²) < 4.78 is 12.8. The van der Waals surface area contributed by atoms with E-state index in [-0.39, 0.29) is 11.9 Å². The number of likely N-dealkylation sites (tertiary alicyclic amines) is 1. The molecular weight excluding hydrogens is 229 g/mol. The van der Waals surface area contributed by atoms with Crippen LogP contribution in [-0.4, -0.2) is 35.1 Å². The van der Waals surface area contributed by atoms with Gasteiger partial charge in [-0.25, -0.2) is 4.39 Å². The fourth-order valence-electron chi connectivity index (χ4n) is 2.78. The highest BCUT2D eigenvalue weighted by atomic mass is 19.1. The van der Waals surface area contributed by atoms with Gasteiger partial charge in [-0.15, -0.1) is 0 Å². The minimum Gasteiger partial charge on any atom is -0.305 e. The highest BCUT2D eigenvalue weighted by Crippen LogP contribution is 2.30. The van der Waals surface area contributed by atoms with E-state index < -0.39 is 0 Å². The third kappa shape index (κ3) is 2.70. The standard InChI is InChI=1S/C14H20FN3/c1-10(14-5-2-11(15)8-16-14)17-12-6-7-18(9-12)13-3-4-13/h2,5,8,10,12-13,17H,3-4,6-7,9H2,1H3. The number of nitrogens with zero attached hydrogens (tertiary/aromatic N) is 2. The predicted octanol–water partition coefficient (Wildman–Crippen LogP) is 2.11. The van der Waals surface area contributed by atoms with Crippen molar-refractivity contribution < 1.29 is 4.39 Å². The van der Waals surface area contributed by atoms with E-state index in [9.17, 15) is 4.39 Å². The van der Waals surface area contributed by atoms with E-state index in [1.54, 1.807) is 6.07 Å². The summed E-state index contributed by atoms with van der Waals surface area (Å²) in [5.74, 6) is -0.272. The normalized spacial score (nSPS) is 26.4. The molecule has 0 aromatic carbocycles. The van der Waals surface area contributed by atoms with Crippen LogP contribution in [0.15, 0.2) is 18.3 Å². The number of rotatable bonds is 4. The van der Waals surface area contributed by atoms with Crippen LogP contribution in [0.5, 0.6) is 0 Å². The lowest BCUT2D eigenvalue weighted by Crippen LogP contribution is -2.35. The maximum Gasteiger partial charge on any atom is 0.141 e. The van der Waals surface area contributed by atoms with Crippen LogP contribution in [0.1, 0.15) is 37.9 Å². The molecule has 18 heavy (non-hydrogen) atoms. The molecule has 1 aromatic rings. The molecule has 3 rings (SSSR count). The first-order chi connectivity index (χ1) is 8.72. The zero-order valence-electron chi connectivity index (χ0n) is 10.8. The van der Waals surface area contributed by atoms with Gasteiger partial charge in [0.15, 0.2) is 0 Å². The highest BCUT2D eigenvalue weighted by Gasteiger charge is 2.34. The van der Waals surface area contributed by atoms with Crippen LogP contribution in [0.2, 0.25) is 0 Å². The lowest BCUT2D eigenvalue weighted by molar-refractivity contribution is 0.313. The van der Waals surface area contributed by atoms with Gasteiger partial charge in [0, 0.05) is 31.2 Å². The minimum absolute atomic E-state index is 0.190. The van der Waals surface area contributed by atoms with E-state index in [4.69, 9.17) is 0 Å². The largest absolute Gasteiger partial charge is 0.305 e. The summed E-state index contributed by atoms with van der Waals surface area (Å²) in [5, 5.41) is 3.60. The van der Waals surface area contributed by atoms with Gasteiger partial charge in [0.1, 0.15) is 5.82 Å². The quantitative estimate of drug-likeness (QED) is 0.886. The summed E-state index contributed by atoms with van der Waals surface area (Å²) >= 11 is 0. The van der Waals surface area contributed by atoms with Crippen LogP contribution >= 0.6 is 0 Å². The third-order valence-electron chi connectivity index (χ3n) is 3.96. The second kappa shape index (κ2) is 4.94. The summed E-state index contributed by atoms with van der Waals surface area (Å²) in [6.07, 6.45) is 5.25. The molecule has 1 aromatic heterocycles. The average molecular weight is 249 g/mol. The first-order valence-corrected chi connectivity index (χ1v) is 6.84. The molecule has 1 saturated carbocycles. The Balaban J connectivity index is 1.54. The summed E-state index contributed by atoms with van der Waals surface area (Å²) in [4.78, 5) is 6.72. The molecule has 1 aliphatic carbocycles. The van der Waals surface area contributed by atoms with E-state index in [1.807, 2.05) is 0 Å². The van der Waals surface area contributed by atoms with Crippen LogP contribution in [0.25, 0.3) is 0 Å². The fraction of sp³-hybridized carbons (Fsp3) is 0.643. The molecule has 4 heteroatoms. The SMILES string of the molecule is CC(NC1CCN(C2CC2)C1)c1ccc(F)cn1. The minimum atomic E-state index is -0.272. The molecule has 2 aliphatic rings. The Bertz CT molecular complexity index is 402. The maximum absolute atomic E-state index is 12.8. The monoisotopic (exact) mass is 249 g/mol. The van der Waals surface area contributed by atoms with Crippen LogP contribution in [0.4, 0.5) is 4.39 Å². The molecular formula is C14H20FN3. The molecule has 0 bridgehead atoms. The molecule has 2 atom stereocenters. The summed E-state index contributed by atoms with van der Waals surface area (Å²) in [5.41, 5.74) is 0.918. The predicted molar refractivity (Wildman–Crippen MR) is 68.7 cm³/mol. The number of hydrogen-bond donors (Lipinski definition) is 1. The van der Waals surface area contributed by atoms with E-state index in [0.29, 0.717) is 6.04 Å². The number of hydrogen-bond acceptors (Lipinski definition) is 3. The lowest BCUT2D eigenvalue weighted by atomic mass is 10.1. The molecule has 98 valence electrons. The van der Waals surface area contributed by atoms with Gasteiger partial charge in [0.2, 0.25) is 0 Å². The maximum atomic E-state index is 12.8. The van der Waals surface area contributed by atoms with Crippen LogP contribution < -0.4 is 5.32 Å². The Labute approximate surface area is 107 Å². The Hall–Kier alpha value is -1.00. The van der Waals surface area contributed by atoms with Gasteiger partial charge in [-0.1, -0.05) is 0 Å². The number of pyridine rings is 1. The van der Waals surface area contributed by atoms with Gasteiger partial charge >= 0.3 is 0 Å². The van der Waals surface area contributed by atoms with Crippen LogP contribution in [0, 0.1) is 5.82 Å². The summed E-state index contributed by atoms with van der Waals surface area (Å²) in [6.45, 7) is 4.46. The molecule has 0 radical (unpaired) electrons. The summed E-state index contributed by atoms with van der Waals surface area (Å²) in [6, 6.07) is 4.84. The van der Waals surface area contributed by atoms with E-state index in [1.165, 1.54) is 38.1 Å². The van der Waals surface area contributed by atoms with Crippen LogP contribution in [0.3, 0.4) is 0 Å². The topological polar surface area (TPSA) is 28.2 Å². The molecule has 1 aliphatic heterocycles. The average Bonchev–Trinajstić information content (AvgIpc) is 3.11. The molecule has 0 spiro atoms. The fourth-order valence-corrected chi connectivity index (χ4v) is 2.78. The number of aromatic nitrogens is 1. The third-order valence-corrected chi connectivity index (χ3v) is 3.96. The molecule has 3 nitrogen and oxygen atoms in total. The van der Waals surface area contributed by atoms with Crippen molar-refractivity contribution in [2.45, 2.75) is 44.3 Å². The second-order valence-corrected chi connectivity index (χ2v) is 5.50. The van der Waals surface area contributed by atoms with Crippen molar-refractivity contribution in [1.82, 2.24) is 15.2 Å². The zero-order valence-corrected chi connectivity index (χ0v) is 10.8.